The number of likely N-dealkylation sites (tertiary alicyclic amines) is 1. The van der Waals surface area contributed by atoms with Crippen molar-refractivity contribution >= 4 is 22.7 Å². The molecule has 0 bridgehead atoms. The zero-order chi connectivity index (χ0) is 30.5. The highest BCUT2D eigenvalue weighted by molar-refractivity contribution is 5.91. The quantitative estimate of drug-likeness (QED) is 0.208. The lowest BCUT2D eigenvalue weighted by Crippen LogP contribution is -2.45. The average Bonchev–Trinajstić information content (AvgIpc) is 3.61. The van der Waals surface area contributed by atoms with Crippen LogP contribution in [0.2, 0.25) is 0 Å². The molecule has 224 valence electrons. The van der Waals surface area contributed by atoms with Gasteiger partial charge in [0, 0.05) is 20.0 Å². The molecule has 2 heterocycles. The second-order valence-corrected chi connectivity index (χ2v) is 11.4. The molecule has 1 N–H and O–H groups in total. The lowest BCUT2D eigenvalue weighted by Gasteiger charge is -2.24. The fourth-order valence-electron chi connectivity index (χ4n) is 5.97. The molecule has 8 heteroatoms. The van der Waals surface area contributed by atoms with Crippen LogP contribution in [0, 0.1) is 11.7 Å². The molecular weight excluding hydrogens is 555 g/mol. The van der Waals surface area contributed by atoms with E-state index in [4.69, 9.17) is 4.74 Å². The molecule has 1 saturated heterocycles. The molecule has 0 aliphatic carbocycles. The third kappa shape index (κ3) is 6.87. The molecule has 7 nitrogen and oxygen atoms in total. The van der Waals surface area contributed by atoms with E-state index in [1.165, 1.54) is 17.7 Å². The number of hydrogen-bond acceptors (Lipinski definition) is 5. The van der Waals surface area contributed by atoms with Crippen molar-refractivity contribution in [1.82, 2.24) is 19.8 Å². The Morgan fingerprint density at radius 2 is 1.57 bits per heavy atom. The van der Waals surface area contributed by atoms with Crippen LogP contribution in [0.3, 0.4) is 0 Å². The largest absolute Gasteiger partial charge is 0.457 e. The first-order valence-electron chi connectivity index (χ1n) is 14.9. The molecule has 1 aliphatic heterocycles. The summed E-state index contributed by atoms with van der Waals surface area (Å²) in [4.78, 5) is 33.7. The van der Waals surface area contributed by atoms with E-state index in [-0.39, 0.29) is 36.4 Å². The number of imidazole rings is 1. The third-order valence-corrected chi connectivity index (χ3v) is 8.24. The van der Waals surface area contributed by atoms with Crippen LogP contribution in [0.25, 0.3) is 11.0 Å². The van der Waals surface area contributed by atoms with E-state index in [0.29, 0.717) is 31.0 Å². The predicted octanol–water partition coefficient (Wildman–Crippen LogP) is 5.87. The van der Waals surface area contributed by atoms with Crippen LogP contribution in [0.1, 0.15) is 23.4 Å². The summed E-state index contributed by atoms with van der Waals surface area (Å²) >= 11 is 0. The second kappa shape index (κ2) is 13.2. The molecule has 44 heavy (non-hydrogen) atoms. The highest BCUT2D eigenvalue weighted by Crippen LogP contribution is 2.29. The van der Waals surface area contributed by atoms with Gasteiger partial charge in [0.25, 0.3) is 0 Å². The third-order valence-electron chi connectivity index (χ3n) is 8.24. The van der Waals surface area contributed by atoms with Crippen molar-refractivity contribution in [3.8, 4) is 11.5 Å². The Morgan fingerprint density at radius 3 is 2.30 bits per heavy atom. The Morgan fingerprint density at radius 1 is 0.886 bits per heavy atom. The first kappa shape index (κ1) is 29.3. The molecular formula is C36H35FN4O3. The zero-order valence-corrected chi connectivity index (χ0v) is 24.7. The molecule has 6 rings (SSSR count). The fourth-order valence-corrected chi connectivity index (χ4v) is 5.97. The number of halogens is 1. The van der Waals surface area contributed by atoms with Gasteiger partial charge in [-0.25, -0.2) is 9.37 Å². The summed E-state index contributed by atoms with van der Waals surface area (Å²) < 4.78 is 21.0. The van der Waals surface area contributed by atoms with Crippen LogP contribution >= 0.6 is 0 Å². The maximum absolute atomic E-state index is 13.7. The molecule has 4 aromatic carbocycles. The minimum atomic E-state index is -0.482. The number of rotatable bonds is 11. The maximum atomic E-state index is 13.7. The van der Waals surface area contributed by atoms with E-state index in [1.54, 1.807) is 29.2 Å². The van der Waals surface area contributed by atoms with Crippen LogP contribution < -0.4 is 10.1 Å². The number of aromatic nitrogens is 2. The molecule has 1 aliphatic rings. The van der Waals surface area contributed by atoms with Crippen molar-refractivity contribution in [3.63, 3.8) is 0 Å². The van der Waals surface area contributed by atoms with Crippen LogP contribution in [0.4, 0.5) is 4.39 Å². The van der Waals surface area contributed by atoms with E-state index in [1.807, 2.05) is 66.2 Å². The van der Waals surface area contributed by atoms with E-state index in [9.17, 15) is 14.0 Å². The summed E-state index contributed by atoms with van der Waals surface area (Å²) in [5.41, 5.74) is 4.01. The number of amides is 1. The summed E-state index contributed by atoms with van der Waals surface area (Å²) in [7, 11) is 1.97. The lowest BCUT2D eigenvalue weighted by molar-refractivity contribution is -0.136. The van der Waals surface area contributed by atoms with Gasteiger partial charge >= 0.3 is 0 Å². The molecule has 0 radical (unpaired) electrons. The van der Waals surface area contributed by atoms with E-state index < -0.39 is 6.04 Å². The van der Waals surface area contributed by atoms with Gasteiger partial charge in [0.2, 0.25) is 5.91 Å². The van der Waals surface area contributed by atoms with Gasteiger partial charge in [0.1, 0.15) is 23.1 Å². The molecule has 5 aromatic rings. The number of nitrogens with one attached hydrogen (secondary N) is 1. The Kier molecular flexibility index (Phi) is 8.79. The van der Waals surface area contributed by atoms with Crippen molar-refractivity contribution < 1.29 is 18.7 Å². The maximum Gasteiger partial charge on any atom is 0.237 e. The summed E-state index contributed by atoms with van der Waals surface area (Å²) in [5, 5.41) is 3.26. The molecule has 1 fully saturated rings. The number of ether oxygens (including phenoxy) is 1. The number of nitrogens with zero attached hydrogens (tertiary/aromatic N) is 3. The molecule has 1 amide bonds. The average molecular weight is 591 g/mol. The van der Waals surface area contributed by atoms with E-state index in [0.717, 1.165) is 28.8 Å². The van der Waals surface area contributed by atoms with Crippen LogP contribution in [-0.4, -0.2) is 45.3 Å². The first-order valence-corrected chi connectivity index (χ1v) is 14.9. The van der Waals surface area contributed by atoms with Gasteiger partial charge in [-0.2, -0.15) is 0 Å². The van der Waals surface area contributed by atoms with Crippen molar-refractivity contribution in [1.29, 1.82) is 0 Å². The summed E-state index contributed by atoms with van der Waals surface area (Å²) in [6, 6.07) is 30.8. The van der Waals surface area contributed by atoms with Crippen molar-refractivity contribution in [2.45, 2.75) is 31.8 Å². The SMILES string of the molecule is Cn1c(CNCC(=O)N2C[C@H](Cc3ccccc3)C[C@H]2C(=O)Cc2ccc(Oc3ccc(F)cc3)cc2)nc2ccccc21. The number of hydrogen-bond donors (Lipinski definition) is 1. The lowest BCUT2D eigenvalue weighted by atomic mass is 9.94. The van der Waals surface area contributed by atoms with Gasteiger partial charge in [0.05, 0.1) is 30.2 Å². The minimum absolute atomic E-state index is 0.0245. The topological polar surface area (TPSA) is 76.5 Å². The smallest absolute Gasteiger partial charge is 0.237 e. The highest BCUT2D eigenvalue weighted by Gasteiger charge is 2.38. The van der Waals surface area contributed by atoms with E-state index >= 15 is 0 Å². The van der Waals surface area contributed by atoms with Gasteiger partial charge in [-0.1, -0.05) is 54.6 Å². The zero-order valence-electron chi connectivity index (χ0n) is 24.7. The van der Waals surface area contributed by atoms with E-state index in [2.05, 4.69) is 22.4 Å². The van der Waals surface area contributed by atoms with Crippen LogP contribution in [0.15, 0.2) is 103 Å². The van der Waals surface area contributed by atoms with Crippen LogP contribution in [-0.2, 0) is 36.0 Å². The number of carbonyl (C=O) groups is 2. The van der Waals surface area contributed by atoms with Crippen molar-refractivity contribution in [2.24, 2.45) is 13.0 Å². The number of fused-ring (bicyclic) bond motifs is 1. The molecule has 1 aromatic heterocycles. The second-order valence-electron chi connectivity index (χ2n) is 11.4. The molecule has 0 spiro atoms. The van der Waals surface area contributed by atoms with Crippen molar-refractivity contribution in [3.05, 3.63) is 126 Å². The highest BCUT2D eigenvalue weighted by atomic mass is 19.1. The Labute approximate surface area is 256 Å². The Hall–Kier alpha value is -4.82. The van der Waals surface area contributed by atoms with Gasteiger partial charge in [-0.05, 0) is 78.4 Å². The number of benzene rings is 4. The first-order chi connectivity index (χ1) is 21.4. The fraction of sp³-hybridized carbons (Fsp3) is 0.250. The van der Waals surface area contributed by atoms with Crippen LogP contribution in [0.5, 0.6) is 11.5 Å². The Balaban J connectivity index is 1.11. The molecule has 0 saturated carbocycles. The monoisotopic (exact) mass is 590 g/mol. The molecule has 0 unspecified atom stereocenters. The number of Topliss-reactive ketones (excluding diaryl/α,β-unsaturated/α-hetero) is 1. The molecule has 2 atom stereocenters. The van der Waals surface area contributed by atoms with Gasteiger partial charge in [0.15, 0.2) is 5.78 Å². The standard InChI is InChI=1S/C36H35FN4O3/c1-40-32-10-6-5-9-31(32)39-35(40)22-38-23-36(43)41-24-27(19-25-7-3-2-4-8-25)20-33(41)34(42)21-26-11-15-29(16-12-26)44-30-17-13-28(37)14-18-30/h2-18,27,33,38H,19-24H2,1H3/t27-,33+/m1/s1. The minimum Gasteiger partial charge on any atom is -0.457 e. The summed E-state index contributed by atoms with van der Waals surface area (Å²) in [6.07, 6.45) is 1.67. The number of aryl methyl sites for hydroxylation is 1. The summed E-state index contributed by atoms with van der Waals surface area (Å²) in [5.74, 6) is 1.79. The number of para-hydroxylation sites is 2. The number of ketones is 1. The van der Waals surface area contributed by atoms with Gasteiger partial charge < -0.3 is 19.5 Å². The van der Waals surface area contributed by atoms with Gasteiger partial charge in [-0.3, -0.25) is 9.59 Å². The van der Waals surface area contributed by atoms with Gasteiger partial charge in [-0.15, -0.1) is 0 Å². The van der Waals surface area contributed by atoms with Crippen molar-refractivity contribution in [2.75, 3.05) is 13.1 Å². The summed E-state index contributed by atoms with van der Waals surface area (Å²) in [6.45, 7) is 1.12. The number of carbonyl (C=O) groups excluding carboxylic acids is 2. The normalized spacial score (nSPS) is 16.4. The predicted molar refractivity (Wildman–Crippen MR) is 168 cm³/mol. The Bertz CT molecular complexity index is 1740.